The first-order valence-corrected chi connectivity index (χ1v) is 8.54. The quantitative estimate of drug-likeness (QED) is 0.750. The van der Waals surface area contributed by atoms with Gasteiger partial charge in [-0.25, -0.2) is 4.79 Å². The smallest absolute Gasteiger partial charge is 0.329 e. The van der Waals surface area contributed by atoms with Gasteiger partial charge in [0.15, 0.2) is 0 Å². The summed E-state index contributed by atoms with van der Waals surface area (Å²) >= 11 is 4.90. The van der Waals surface area contributed by atoms with Crippen molar-refractivity contribution in [3.05, 3.63) is 50.7 Å². The van der Waals surface area contributed by atoms with Crippen molar-refractivity contribution in [3.8, 4) is 11.1 Å². The molecule has 1 atom stereocenters. The van der Waals surface area contributed by atoms with Gasteiger partial charge in [0, 0.05) is 11.3 Å². The Labute approximate surface area is 140 Å². The zero-order valence-corrected chi connectivity index (χ0v) is 14.5. The molecule has 0 N–H and O–H groups in total. The van der Waals surface area contributed by atoms with Crippen LogP contribution in [-0.4, -0.2) is 23.4 Å². The number of hydrogen-bond acceptors (Lipinski definition) is 4. The molecule has 0 spiro atoms. The number of nitrogens with zero attached hydrogens (tertiary/aromatic N) is 1. The second kappa shape index (κ2) is 5.93. The van der Waals surface area contributed by atoms with Crippen molar-refractivity contribution in [3.63, 3.8) is 0 Å². The highest BCUT2D eigenvalue weighted by Gasteiger charge is 2.34. The van der Waals surface area contributed by atoms with Crippen LogP contribution < -0.4 is 5.56 Å². The normalized spacial score (nSPS) is 16.4. The third-order valence-electron chi connectivity index (χ3n) is 3.77. The average molecular weight is 380 g/mol. The molecule has 4 nitrogen and oxygen atoms in total. The van der Waals surface area contributed by atoms with Crippen LogP contribution >= 0.6 is 27.7 Å². The van der Waals surface area contributed by atoms with Crippen molar-refractivity contribution in [2.75, 3.05) is 12.9 Å². The number of fused-ring (bicyclic) bond motifs is 1. The standard InChI is InChI=1S/C16H14BrNO3S/c1-9-12(10-6-4-3-5-7-10)15-18(14(19)13(9)17)11(8-22-15)16(20)21-2/h3-7,11H,8H2,1-2H3. The Balaban J connectivity index is 2.31. The Kier molecular flexibility index (Phi) is 4.14. The maximum absolute atomic E-state index is 12.6. The number of aromatic nitrogens is 1. The first kappa shape index (κ1) is 15.4. The number of rotatable bonds is 2. The van der Waals surface area contributed by atoms with Gasteiger partial charge in [0.1, 0.15) is 6.04 Å². The van der Waals surface area contributed by atoms with Crippen molar-refractivity contribution in [2.24, 2.45) is 0 Å². The first-order valence-electron chi connectivity index (χ1n) is 6.77. The number of hydrogen-bond donors (Lipinski definition) is 0. The Morgan fingerprint density at radius 1 is 1.36 bits per heavy atom. The molecule has 1 aliphatic rings. The molecule has 0 bridgehead atoms. The van der Waals surface area contributed by atoms with E-state index < -0.39 is 6.04 Å². The van der Waals surface area contributed by atoms with Crippen LogP contribution in [0.5, 0.6) is 0 Å². The summed E-state index contributed by atoms with van der Waals surface area (Å²) in [5.41, 5.74) is 2.72. The van der Waals surface area contributed by atoms with Gasteiger partial charge in [-0.15, -0.1) is 11.8 Å². The number of carbonyl (C=O) groups is 1. The molecule has 0 aliphatic carbocycles. The zero-order valence-electron chi connectivity index (χ0n) is 12.1. The summed E-state index contributed by atoms with van der Waals surface area (Å²) in [5, 5.41) is 0.826. The minimum atomic E-state index is -0.572. The van der Waals surface area contributed by atoms with Crippen molar-refractivity contribution >= 4 is 33.7 Å². The molecular weight excluding hydrogens is 366 g/mol. The number of pyridine rings is 1. The molecule has 0 saturated heterocycles. The maximum atomic E-state index is 12.6. The average Bonchev–Trinajstić information content (AvgIpc) is 2.98. The molecule has 2 heterocycles. The highest BCUT2D eigenvalue weighted by Crippen LogP contribution is 2.42. The number of esters is 1. The Hall–Kier alpha value is -1.53. The Morgan fingerprint density at radius 3 is 2.68 bits per heavy atom. The van der Waals surface area contributed by atoms with Crippen LogP contribution in [0.3, 0.4) is 0 Å². The van der Waals surface area contributed by atoms with E-state index in [1.165, 1.54) is 18.9 Å². The van der Waals surface area contributed by atoms with Crippen LogP contribution in [0.25, 0.3) is 11.1 Å². The SMILES string of the molecule is COC(=O)C1CSc2c(-c3ccccc3)c(C)c(Br)c(=O)n21. The summed E-state index contributed by atoms with van der Waals surface area (Å²) < 4.78 is 6.88. The van der Waals surface area contributed by atoms with Gasteiger partial charge in [-0.05, 0) is 34.0 Å². The largest absolute Gasteiger partial charge is 0.467 e. The lowest BCUT2D eigenvalue weighted by Gasteiger charge is -2.17. The fourth-order valence-electron chi connectivity index (χ4n) is 2.66. The first-order chi connectivity index (χ1) is 10.6. The lowest BCUT2D eigenvalue weighted by Crippen LogP contribution is -2.30. The van der Waals surface area contributed by atoms with Crippen LogP contribution in [-0.2, 0) is 9.53 Å². The molecule has 1 unspecified atom stereocenters. The summed E-state index contributed by atoms with van der Waals surface area (Å²) in [6, 6.07) is 9.31. The van der Waals surface area contributed by atoms with Crippen molar-refractivity contribution in [1.29, 1.82) is 0 Å². The second-order valence-electron chi connectivity index (χ2n) is 5.01. The molecule has 1 aliphatic heterocycles. The summed E-state index contributed by atoms with van der Waals surface area (Å²) in [7, 11) is 1.34. The van der Waals surface area contributed by atoms with Crippen LogP contribution in [0.15, 0.2) is 44.6 Å². The van der Waals surface area contributed by atoms with Gasteiger partial charge in [0.25, 0.3) is 5.56 Å². The summed E-state index contributed by atoms with van der Waals surface area (Å²) in [6.45, 7) is 1.92. The van der Waals surface area contributed by atoms with Crippen molar-refractivity contribution < 1.29 is 9.53 Å². The van der Waals surface area contributed by atoms with E-state index in [-0.39, 0.29) is 11.5 Å². The monoisotopic (exact) mass is 379 g/mol. The highest BCUT2D eigenvalue weighted by atomic mass is 79.9. The molecule has 2 aromatic rings. The molecular formula is C16H14BrNO3S. The van der Waals surface area contributed by atoms with Crippen LogP contribution in [0.1, 0.15) is 11.6 Å². The minimum Gasteiger partial charge on any atom is -0.467 e. The number of halogens is 1. The number of benzene rings is 1. The van der Waals surface area contributed by atoms with Crippen LogP contribution in [0.2, 0.25) is 0 Å². The summed E-state index contributed by atoms with van der Waals surface area (Å²) in [4.78, 5) is 24.6. The van der Waals surface area contributed by atoms with Gasteiger partial charge >= 0.3 is 5.97 Å². The second-order valence-corrected chi connectivity index (χ2v) is 6.81. The van der Waals surface area contributed by atoms with E-state index in [0.717, 1.165) is 21.7 Å². The molecule has 0 radical (unpaired) electrons. The van der Waals surface area contributed by atoms with E-state index in [4.69, 9.17) is 4.74 Å². The zero-order chi connectivity index (χ0) is 15.9. The van der Waals surface area contributed by atoms with Crippen LogP contribution in [0, 0.1) is 6.92 Å². The van der Waals surface area contributed by atoms with E-state index in [1.807, 2.05) is 37.3 Å². The van der Waals surface area contributed by atoms with Crippen molar-refractivity contribution in [2.45, 2.75) is 18.0 Å². The summed E-state index contributed by atoms with van der Waals surface area (Å²) in [5.74, 6) is 0.126. The van der Waals surface area contributed by atoms with Crippen LogP contribution in [0.4, 0.5) is 0 Å². The molecule has 0 fully saturated rings. The third kappa shape index (κ3) is 2.30. The molecule has 6 heteroatoms. The van der Waals surface area contributed by atoms with Gasteiger partial charge < -0.3 is 4.74 Å². The van der Waals surface area contributed by atoms with E-state index in [2.05, 4.69) is 15.9 Å². The minimum absolute atomic E-state index is 0.187. The van der Waals surface area contributed by atoms with Crippen molar-refractivity contribution in [1.82, 2.24) is 4.57 Å². The van der Waals surface area contributed by atoms with Gasteiger partial charge in [-0.1, -0.05) is 30.3 Å². The predicted octanol–water partition coefficient (Wildman–Crippen LogP) is 3.41. The molecule has 3 rings (SSSR count). The molecule has 114 valence electrons. The van der Waals surface area contributed by atoms with Gasteiger partial charge in [0.2, 0.25) is 0 Å². The molecule has 1 aromatic carbocycles. The van der Waals surface area contributed by atoms with E-state index >= 15 is 0 Å². The fraction of sp³-hybridized carbons (Fsp3) is 0.250. The van der Waals surface area contributed by atoms with E-state index in [0.29, 0.717) is 10.2 Å². The lowest BCUT2D eigenvalue weighted by molar-refractivity contribution is -0.143. The van der Waals surface area contributed by atoms with Gasteiger partial charge in [-0.2, -0.15) is 0 Å². The molecule has 0 saturated carbocycles. The molecule has 1 aromatic heterocycles. The number of methoxy groups -OCH3 is 1. The number of carbonyl (C=O) groups excluding carboxylic acids is 1. The van der Waals surface area contributed by atoms with E-state index in [9.17, 15) is 9.59 Å². The number of thioether (sulfide) groups is 1. The maximum Gasteiger partial charge on any atom is 0.329 e. The third-order valence-corrected chi connectivity index (χ3v) is 5.86. The Morgan fingerprint density at radius 2 is 2.05 bits per heavy atom. The topological polar surface area (TPSA) is 48.3 Å². The van der Waals surface area contributed by atoms with Gasteiger partial charge in [0.05, 0.1) is 16.6 Å². The Bertz CT molecular complexity index is 801. The van der Waals surface area contributed by atoms with E-state index in [1.54, 1.807) is 4.57 Å². The lowest BCUT2D eigenvalue weighted by atomic mass is 10.0. The molecule has 0 amide bonds. The predicted molar refractivity (Wildman–Crippen MR) is 90.4 cm³/mol. The highest BCUT2D eigenvalue weighted by molar-refractivity contribution is 9.10. The molecule has 22 heavy (non-hydrogen) atoms. The number of ether oxygens (including phenoxy) is 1. The summed E-state index contributed by atoms with van der Waals surface area (Å²) in [6.07, 6.45) is 0. The fourth-order valence-corrected chi connectivity index (χ4v) is 4.42. The van der Waals surface area contributed by atoms with Gasteiger partial charge in [-0.3, -0.25) is 9.36 Å².